The molecule has 2 heterocycles. The Morgan fingerprint density at radius 3 is 2.27 bits per heavy atom. The summed E-state index contributed by atoms with van der Waals surface area (Å²) in [5.74, 6) is 2.02. The van der Waals surface area contributed by atoms with Gasteiger partial charge in [0.05, 0.1) is 24.6 Å². The summed E-state index contributed by atoms with van der Waals surface area (Å²) in [4.78, 5) is 15.2. The molecule has 1 aliphatic rings. The van der Waals surface area contributed by atoms with E-state index < -0.39 is 0 Å². The molecule has 1 saturated heterocycles. The Morgan fingerprint density at radius 2 is 1.70 bits per heavy atom. The van der Waals surface area contributed by atoms with Crippen molar-refractivity contribution >= 4 is 11.4 Å². The third-order valence-corrected chi connectivity index (χ3v) is 6.08. The van der Waals surface area contributed by atoms with Gasteiger partial charge in [-0.15, -0.1) is 5.10 Å². The Bertz CT molecular complexity index is 1060. The molecule has 10 nitrogen and oxygen atoms in total. The first-order chi connectivity index (χ1) is 16.0. The number of hydrogen-bond acceptors (Lipinski definition) is 8. The van der Waals surface area contributed by atoms with Crippen molar-refractivity contribution < 1.29 is 9.66 Å². The molecule has 0 amide bonds. The molecule has 1 atom stereocenters. The number of rotatable bonds is 8. The summed E-state index contributed by atoms with van der Waals surface area (Å²) in [6.07, 6.45) is 0. The summed E-state index contributed by atoms with van der Waals surface area (Å²) in [5, 5.41) is 23.6. The Labute approximate surface area is 192 Å². The van der Waals surface area contributed by atoms with E-state index >= 15 is 0 Å². The molecule has 1 aliphatic heterocycles. The van der Waals surface area contributed by atoms with E-state index in [1.807, 2.05) is 41.1 Å². The van der Waals surface area contributed by atoms with E-state index in [9.17, 15) is 10.1 Å². The third kappa shape index (κ3) is 5.11. The van der Waals surface area contributed by atoms with Crippen LogP contribution in [-0.4, -0.2) is 63.3 Å². The van der Waals surface area contributed by atoms with Crippen molar-refractivity contribution in [2.75, 3.05) is 38.2 Å². The molecule has 0 aliphatic carbocycles. The first-order valence-corrected chi connectivity index (χ1v) is 11.1. The lowest BCUT2D eigenvalue weighted by Crippen LogP contribution is -2.49. The van der Waals surface area contributed by atoms with Gasteiger partial charge in [0.2, 0.25) is 0 Å². The second-order valence-electron chi connectivity index (χ2n) is 8.53. The summed E-state index contributed by atoms with van der Waals surface area (Å²) in [7, 11) is 1.66. The number of ether oxygens (including phenoxy) is 1. The average Bonchev–Trinajstić information content (AvgIpc) is 3.27. The number of tetrazole rings is 1. The fraction of sp³-hybridized carbons (Fsp3) is 0.435. The Kier molecular flexibility index (Phi) is 6.83. The largest absolute Gasteiger partial charge is 0.497 e. The van der Waals surface area contributed by atoms with Gasteiger partial charge in [0.1, 0.15) is 5.75 Å². The molecular formula is C23H29N7O3. The van der Waals surface area contributed by atoms with Crippen molar-refractivity contribution in [2.45, 2.75) is 26.4 Å². The number of non-ortho nitro benzene ring substituents is 1. The molecule has 3 aromatic rings. The smallest absolute Gasteiger partial charge is 0.269 e. The van der Waals surface area contributed by atoms with Gasteiger partial charge in [0.15, 0.2) is 5.82 Å². The lowest BCUT2D eigenvalue weighted by Gasteiger charge is -2.41. The highest BCUT2D eigenvalue weighted by Crippen LogP contribution is 2.29. The number of benzene rings is 2. The van der Waals surface area contributed by atoms with E-state index in [2.05, 4.69) is 39.2 Å². The van der Waals surface area contributed by atoms with E-state index in [0.717, 1.165) is 49.0 Å². The Morgan fingerprint density at radius 1 is 1.03 bits per heavy atom. The number of anilines is 1. The van der Waals surface area contributed by atoms with Crippen molar-refractivity contribution in [2.24, 2.45) is 5.92 Å². The van der Waals surface area contributed by atoms with Crippen molar-refractivity contribution in [3.05, 3.63) is 70.0 Å². The fourth-order valence-corrected chi connectivity index (χ4v) is 4.37. The molecule has 174 valence electrons. The van der Waals surface area contributed by atoms with Gasteiger partial charge >= 0.3 is 0 Å². The number of piperazine rings is 1. The maximum Gasteiger partial charge on any atom is 0.269 e. The zero-order valence-corrected chi connectivity index (χ0v) is 19.2. The van der Waals surface area contributed by atoms with Crippen LogP contribution in [0, 0.1) is 16.0 Å². The van der Waals surface area contributed by atoms with Crippen molar-refractivity contribution in [3.63, 3.8) is 0 Å². The standard InChI is InChI=1S/C23H29N7O3/c1-17(2)22(23-24-25-26-29(23)16-18-4-10-21(33-3)11-5-18)28-14-12-27(13-15-28)19-6-8-20(9-7-19)30(31)32/h4-11,17,22H,12-16H2,1-3H3. The molecule has 0 bridgehead atoms. The minimum absolute atomic E-state index is 0.0947. The highest BCUT2D eigenvalue weighted by molar-refractivity contribution is 5.51. The van der Waals surface area contributed by atoms with Gasteiger partial charge in [-0.1, -0.05) is 26.0 Å². The van der Waals surface area contributed by atoms with Crippen molar-refractivity contribution in [3.8, 4) is 5.75 Å². The molecule has 2 aromatic carbocycles. The van der Waals surface area contributed by atoms with E-state index in [-0.39, 0.29) is 16.7 Å². The van der Waals surface area contributed by atoms with E-state index in [0.29, 0.717) is 12.5 Å². The van der Waals surface area contributed by atoms with Crippen LogP contribution in [0.1, 0.15) is 31.3 Å². The monoisotopic (exact) mass is 451 g/mol. The van der Waals surface area contributed by atoms with E-state index in [1.54, 1.807) is 19.2 Å². The molecule has 0 spiro atoms. The van der Waals surface area contributed by atoms with E-state index in [4.69, 9.17) is 4.74 Å². The van der Waals surface area contributed by atoms with Gasteiger partial charge in [-0.3, -0.25) is 15.0 Å². The number of nitro groups is 1. The molecule has 0 saturated carbocycles. The van der Waals surface area contributed by atoms with Crippen LogP contribution < -0.4 is 9.64 Å². The summed E-state index contributed by atoms with van der Waals surface area (Å²) in [6.45, 7) is 8.37. The molecule has 10 heteroatoms. The zero-order chi connectivity index (χ0) is 23.4. The van der Waals surface area contributed by atoms with Gasteiger partial charge in [-0.25, -0.2) is 4.68 Å². The van der Waals surface area contributed by atoms with Gasteiger partial charge in [0, 0.05) is 44.0 Å². The van der Waals surface area contributed by atoms with Gasteiger partial charge in [-0.2, -0.15) is 0 Å². The number of nitrogens with zero attached hydrogens (tertiary/aromatic N) is 7. The maximum absolute atomic E-state index is 10.9. The number of nitro benzene ring substituents is 1. The normalized spacial score (nSPS) is 15.6. The van der Waals surface area contributed by atoms with Crippen LogP contribution in [0.4, 0.5) is 11.4 Å². The minimum atomic E-state index is -0.370. The number of hydrogen-bond donors (Lipinski definition) is 0. The predicted molar refractivity (Wildman–Crippen MR) is 124 cm³/mol. The highest BCUT2D eigenvalue weighted by atomic mass is 16.6. The quantitative estimate of drug-likeness (QED) is 0.380. The predicted octanol–water partition coefficient (Wildman–Crippen LogP) is 3.16. The lowest BCUT2D eigenvalue weighted by atomic mass is 10.0. The molecule has 1 aromatic heterocycles. The number of methoxy groups -OCH3 is 1. The fourth-order valence-electron chi connectivity index (χ4n) is 4.37. The summed E-state index contributed by atoms with van der Waals surface area (Å²) >= 11 is 0. The molecular weight excluding hydrogens is 422 g/mol. The third-order valence-electron chi connectivity index (χ3n) is 6.08. The van der Waals surface area contributed by atoms with Gasteiger partial charge in [0.25, 0.3) is 5.69 Å². The molecule has 1 unspecified atom stereocenters. The second-order valence-corrected chi connectivity index (χ2v) is 8.53. The van der Waals surface area contributed by atoms with E-state index in [1.165, 1.54) is 0 Å². The molecule has 1 fully saturated rings. The Balaban J connectivity index is 1.45. The topological polar surface area (TPSA) is 102 Å². The first kappa shape index (κ1) is 22.7. The van der Waals surface area contributed by atoms with Crippen LogP contribution in [0.5, 0.6) is 5.75 Å². The first-order valence-electron chi connectivity index (χ1n) is 11.1. The van der Waals surface area contributed by atoms with Gasteiger partial charge < -0.3 is 9.64 Å². The SMILES string of the molecule is COc1ccc(Cn2nnnc2C(C(C)C)N2CCN(c3ccc([N+](=O)[O-])cc3)CC2)cc1. The molecule has 0 N–H and O–H groups in total. The van der Waals surface area contributed by atoms with Gasteiger partial charge in [-0.05, 0) is 46.2 Å². The van der Waals surface area contributed by atoms with Crippen LogP contribution >= 0.6 is 0 Å². The maximum atomic E-state index is 10.9. The average molecular weight is 452 g/mol. The van der Waals surface area contributed by atoms with Crippen LogP contribution in [0.15, 0.2) is 48.5 Å². The minimum Gasteiger partial charge on any atom is -0.497 e. The summed E-state index contributed by atoms with van der Waals surface area (Å²) < 4.78 is 7.13. The number of aromatic nitrogens is 4. The second kappa shape index (κ2) is 9.95. The van der Waals surface area contributed by atoms with Crippen LogP contribution in [0.3, 0.4) is 0 Å². The summed E-state index contributed by atoms with van der Waals surface area (Å²) in [5.41, 5.74) is 2.22. The zero-order valence-electron chi connectivity index (χ0n) is 19.2. The molecule has 33 heavy (non-hydrogen) atoms. The van der Waals surface area contributed by atoms with Crippen molar-refractivity contribution in [1.29, 1.82) is 0 Å². The van der Waals surface area contributed by atoms with Crippen molar-refractivity contribution in [1.82, 2.24) is 25.1 Å². The molecule has 4 rings (SSSR count). The van der Waals surface area contributed by atoms with Crippen LogP contribution in [0.2, 0.25) is 0 Å². The van der Waals surface area contributed by atoms with Crippen LogP contribution in [0.25, 0.3) is 0 Å². The lowest BCUT2D eigenvalue weighted by molar-refractivity contribution is -0.384. The van der Waals surface area contributed by atoms with Crippen LogP contribution in [-0.2, 0) is 6.54 Å². The highest BCUT2D eigenvalue weighted by Gasteiger charge is 2.31. The summed E-state index contributed by atoms with van der Waals surface area (Å²) in [6, 6.07) is 14.8. The Hall–Kier alpha value is -3.53. The molecule has 0 radical (unpaired) electrons.